The molecule has 0 aliphatic carbocycles. The molecule has 2 rings (SSSR count). The Morgan fingerprint density at radius 1 is 1.39 bits per heavy atom. The van der Waals surface area contributed by atoms with E-state index in [4.69, 9.17) is 0 Å². The van der Waals surface area contributed by atoms with Gasteiger partial charge in [0.1, 0.15) is 6.33 Å². The van der Waals surface area contributed by atoms with Gasteiger partial charge in [-0.15, -0.1) is 0 Å². The molecule has 0 saturated heterocycles. The number of aryl methyl sites for hydroxylation is 3. The van der Waals surface area contributed by atoms with Crippen LogP contribution in [0.1, 0.15) is 21.5 Å². The molecule has 0 aliphatic rings. The van der Waals surface area contributed by atoms with Crippen LogP contribution in [0.4, 0.5) is 5.95 Å². The number of carbonyl (C=O) groups is 1. The molecular formula is C12H13N4OY-. The third-order valence-corrected chi connectivity index (χ3v) is 2.47. The smallest absolute Gasteiger partial charge is 0.226 e. The Morgan fingerprint density at radius 2 is 2.11 bits per heavy atom. The van der Waals surface area contributed by atoms with Gasteiger partial charge in [0, 0.05) is 39.8 Å². The second-order valence-electron chi connectivity index (χ2n) is 3.84. The van der Waals surface area contributed by atoms with E-state index in [9.17, 15) is 4.79 Å². The molecule has 6 heteroatoms. The molecule has 1 aromatic heterocycles. The molecule has 91 valence electrons. The molecule has 1 aromatic carbocycles. The van der Waals surface area contributed by atoms with Gasteiger partial charge in [0.25, 0.3) is 0 Å². The van der Waals surface area contributed by atoms with Crippen molar-refractivity contribution in [3.05, 3.63) is 41.2 Å². The molecule has 1 amide bonds. The van der Waals surface area contributed by atoms with E-state index in [1.165, 1.54) is 11.0 Å². The SMILES string of the molecule is Cc1[c-]c(C)c(C(=O)Nc2ncnn2C)cc1.[Y]. The minimum Gasteiger partial charge on any atom is -0.301 e. The van der Waals surface area contributed by atoms with Gasteiger partial charge in [0.2, 0.25) is 11.9 Å². The van der Waals surface area contributed by atoms with Crippen molar-refractivity contribution in [2.24, 2.45) is 7.05 Å². The van der Waals surface area contributed by atoms with Crippen molar-refractivity contribution < 1.29 is 37.5 Å². The summed E-state index contributed by atoms with van der Waals surface area (Å²) < 4.78 is 1.51. The first-order valence-electron chi connectivity index (χ1n) is 5.23. The van der Waals surface area contributed by atoms with Gasteiger partial charge in [-0.05, 0) is 0 Å². The van der Waals surface area contributed by atoms with E-state index in [-0.39, 0.29) is 38.6 Å². The number of aromatic nitrogens is 3. The zero-order valence-electron chi connectivity index (χ0n) is 10.6. The van der Waals surface area contributed by atoms with Crippen LogP contribution < -0.4 is 5.32 Å². The summed E-state index contributed by atoms with van der Waals surface area (Å²) >= 11 is 0. The van der Waals surface area contributed by atoms with E-state index in [1.54, 1.807) is 13.1 Å². The summed E-state index contributed by atoms with van der Waals surface area (Å²) in [7, 11) is 1.72. The fourth-order valence-electron chi connectivity index (χ4n) is 1.56. The van der Waals surface area contributed by atoms with Crippen LogP contribution in [0.25, 0.3) is 0 Å². The van der Waals surface area contributed by atoms with Crippen LogP contribution in [-0.4, -0.2) is 20.7 Å². The fourth-order valence-corrected chi connectivity index (χ4v) is 1.56. The average Bonchev–Trinajstić information content (AvgIpc) is 2.64. The third kappa shape index (κ3) is 3.24. The summed E-state index contributed by atoms with van der Waals surface area (Å²) in [6.45, 7) is 3.80. The van der Waals surface area contributed by atoms with Crippen LogP contribution in [0.15, 0.2) is 18.5 Å². The van der Waals surface area contributed by atoms with Crippen molar-refractivity contribution in [1.82, 2.24) is 14.8 Å². The number of nitrogens with zero attached hydrogens (tertiary/aromatic N) is 3. The van der Waals surface area contributed by atoms with Crippen molar-refractivity contribution in [2.75, 3.05) is 5.32 Å². The number of benzene rings is 1. The molecule has 0 aliphatic heterocycles. The molecule has 0 saturated carbocycles. The topological polar surface area (TPSA) is 59.8 Å². The summed E-state index contributed by atoms with van der Waals surface area (Å²) in [4.78, 5) is 15.9. The van der Waals surface area contributed by atoms with Gasteiger partial charge < -0.3 is 5.32 Å². The van der Waals surface area contributed by atoms with Gasteiger partial charge in [-0.2, -0.15) is 39.4 Å². The first kappa shape index (κ1) is 15.0. The maximum Gasteiger partial charge on any atom is 0.226 e. The van der Waals surface area contributed by atoms with Crippen LogP contribution in [0.3, 0.4) is 0 Å². The quantitative estimate of drug-likeness (QED) is 0.854. The number of nitrogens with one attached hydrogen (secondary N) is 1. The summed E-state index contributed by atoms with van der Waals surface area (Å²) in [6, 6.07) is 6.75. The zero-order chi connectivity index (χ0) is 12.4. The van der Waals surface area contributed by atoms with E-state index in [2.05, 4.69) is 21.5 Å². The van der Waals surface area contributed by atoms with Crippen LogP contribution in [0.2, 0.25) is 0 Å². The minimum atomic E-state index is -0.199. The van der Waals surface area contributed by atoms with E-state index >= 15 is 0 Å². The van der Waals surface area contributed by atoms with Crippen LogP contribution in [0.5, 0.6) is 0 Å². The van der Waals surface area contributed by atoms with Crippen molar-refractivity contribution in [3.8, 4) is 0 Å². The average molecular weight is 318 g/mol. The van der Waals surface area contributed by atoms with E-state index in [0.29, 0.717) is 11.5 Å². The zero-order valence-corrected chi connectivity index (χ0v) is 13.4. The molecule has 0 fully saturated rings. The first-order chi connectivity index (χ1) is 8.08. The number of hydrogen-bond acceptors (Lipinski definition) is 3. The largest absolute Gasteiger partial charge is 0.301 e. The van der Waals surface area contributed by atoms with Crippen molar-refractivity contribution >= 4 is 11.9 Å². The predicted molar refractivity (Wildman–Crippen MR) is 63.7 cm³/mol. The van der Waals surface area contributed by atoms with Crippen molar-refractivity contribution in [2.45, 2.75) is 13.8 Å². The van der Waals surface area contributed by atoms with E-state index in [1.807, 2.05) is 19.9 Å². The summed E-state index contributed by atoms with van der Waals surface area (Å²) in [5.41, 5.74) is 2.43. The molecule has 0 atom stereocenters. The molecule has 18 heavy (non-hydrogen) atoms. The standard InChI is InChI=1S/C12H13N4O.Y/c1-8-4-5-10(9(2)6-8)11(17)15-12-13-7-14-16(12)3;/h4-5,7H,1-3H3,(H,13,14,15,17);/q-1;. The fraction of sp³-hybridized carbons (Fsp3) is 0.250. The van der Waals surface area contributed by atoms with Gasteiger partial charge in [-0.25, -0.2) is 4.68 Å². The second kappa shape index (κ2) is 6.20. The molecule has 0 spiro atoms. The third-order valence-electron chi connectivity index (χ3n) is 2.47. The van der Waals surface area contributed by atoms with Gasteiger partial charge >= 0.3 is 0 Å². The number of amides is 1. The Labute approximate surface area is 131 Å². The molecule has 0 bridgehead atoms. The Morgan fingerprint density at radius 3 is 2.67 bits per heavy atom. The molecule has 1 heterocycles. The maximum absolute atomic E-state index is 12.0. The normalized spacial score (nSPS) is 9.72. The Bertz CT molecular complexity index is 565. The van der Waals surface area contributed by atoms with Crippen LogP contribution in [0, 0.1) is 19.9 Å². The number of rotatable bonds is 2. The van der Waals surface area contributed by atoms with Gasteiger partial charge in [-0.3, -0.25) is 4.79 Å². The summed E-state index contributed by atoms with van der Waals surface area (Å²) in [6.07, 6.45) is 1.39. The number of hydrogen-bond donors (Lipinski definition) is 1. The number of carbonyl (C=O) groups excluding carboxylic acids is 1. The Balaban J connectivity index is 0.00000162. The minimum absolute atomic E-state index is 0. The van der Waals surface area contributed by atoms with Gasteiger partial charge in [0.05, 0.1) is 0 Å². The predicted octanol–water partition coefficient (Wildman–Crippen LogP) is 1.48. The van der Waals surface area contributed by atoms with Crippen molar-refractivity contribution in [1.29, 1.82) is 0 Å². The van der Waals surface area contributed by atoms with E-state index in [0.717, 1.165) is 11.1 Å². The molecule has 1 radical (unpaired) electrons. The Hall–Kier alpha value is -1.07. The van der Waals surface area contributed by atoms with E-state index < -0.39 is 0 Å². The summed E-state index contributed by atoms with van der Waals surface area (Å²) in [5.74, 6) is 0.227. The molecular weight excluding hydrogens is 305 g/mol. The van der Waals surface area contributed by atoms with Gasteiger partial charge in [-0.1, -0.05) is 19.4 Å². The molecule has 5 nitrogen and oxygen atoms in total. The van der Waals surface area contributed by atoms with Crippen LogP contribution in [-0.2, 0) is 39.8 Å². The Kier molecular flexibility index (Phi) is 5.17. The van der Waals surface area contributed by atoms with Crippen LogP contribution >= 0.6 is 0 Å². The molecule has 1 N–H and O–H groups in total. The maximum atomic E-state index is 12.0. The van der Waals surface area contributed by atoms with Crippen molar-refractivity contribution in [3.63, 3.8) is 0 Å². The first-order valence-corrected chi connectivity index (χ1v) is 5.23. The number of anilines is 1. The molecule has 2 aromatic rings. The second-order valence-corrected chi connectivity index (χ2v) is 3.84. The van der Waals surface area contributed by atoms with Gasteiger partial charge in [0.15, 0.2) is 0 Å². The monoisotopic (exact) mass is 318 g/mol. The molecule has 0 unspecified atom stereocenters. The summed E-state index contributed by atoms with van der Waals surface area (Å²) in [5, 5.41) is 6.58.